The van der Waals surface area contributed by atoms with Gasteiger partial charge >= 0.3 is 0 Å². The van der Waals surface area contributed by atoms with Crippen LogP contribution in [-0.4, -0.2) is 11.7 Å². The summed E-state index contributed by atoms with van der Waals surface area (Å²) in [6, 6.07) is 10.5. The number of aromatic nitrogens is 1. The third-order valence-electron chi connectivity index (χ3n) is 3.35. The molecule has 3 aromatic rings. The molecule has 0 atom stereocenters. The van der Waals surface area contributed by atoms with Crippen LogP contribution < -0.4 is 10.1 Å². The summed E-state index contributed by atoms with van der Waals surface area (Å²) in [5.41, 5.74) is 4.30. The fourth-order valence-corrected chi connectivity index (χ4v) is 3.03. The maximum atomic E-state index is 5.74. The number of rotatable bonds is 1. The lowest BCUT2D eigenvalue weighted by atomic mass is 10.1. The second-order valence-electron chi connectivity index (χ2n) is 4.55. The largest absolute Gasteiger partial charge is 0.476 e. The molecule has 0 amide bonds. The molecule has 0 aliphatic carbocycles. The Kier molecular flexibility index (Phi) is 2.50. The van der Waals surface area contributed by atoms with Gasteiger partial charge in [-0.25, -0.2) is 4.98 Å². The summed E-state index contributed by atoms with van der Waals surface area (Å²) in [6.07, 6.45) is 0. The maximum Gasteiger partial charge on any atom is 0.152 e. The van der Waals surface area contributed by atoms with Gasteiger partial charge in [-0.3, -0.25) is 5.32 Å². The van der Waals surface area contributed by atoms with E-state index in [4.69, 9.17) is 9.72 Å². The van der Waals surface area contributed by atoms with E-state index in [1.807, 2.05) is 0 Å². The maximum absolute atomic E-state index is 5.74. The molecule has 2 aromatic heterocycles. The molecule has 3 heterocycles. The number of ether oxygens (including phenoxy) is 1. The van der Waals surface area contributed by atoms with Crippen molar-refractivity contribution in [3.8, 4) is 17.0 Å². The molecule has 94 valence electrons. The van der Waals surface area contributed by atoms with Crippen molar-refractivity contribution in [2.45, 2.75) is 6.54 Å². The van der Waals surface area contributed by atoms with E-state index in [2.05, 4.69) is 46.4 Å². The van der Waals surface area contributed by atoms with Crippen LogP contribution in [0.3, 0.4) is 0 Å². The second kappa shape index (κ2) is 4.33. The Morgan fingerprint density at radius 2 is 2.11 bits per heavy atom. The molecule has 0 bridgehead atoms. The number of fused-ring (bicyclic) bond motifs is 3. The Labute approximate surface area is 114 Å². The van der Waals surface area contributed by atoms with Crippen molar-refractivity contribution in [1.29, 1.82) is 0 Å². The summed E-state index contributed by atoms with van der Waals surface area (Å²) < 4.78 is 5.74. The summed E-state index contributed by atoms with van der Waals surface area (Å²) in [5.74, 6) is 0.924. The molecule has 4 heteroatoms. The first kappa shape index (κ1) is 11.0. The summed E-state index contributed by atoms with van der Waals surface area (Å²) in [7, 11) is 0. The summed E-state index contributed by atoms with van der Waals surface area (Å²) in [5, 5.41) is 8.51. The van der Waals surface area contributed by atoms with Gasteiger partial charge in [0.05, 0.1) is 5.69 Å². The van der Waals surface area contributed by atoms with E-state index in [1.54, 1.807) is 11.3 Å². The number of hydrogen-bond donors (Lipinski definition) is 1. The van der Waals surface area contributed by atoms with Crippen molar-refractivity contribution in [3.63, 3.8) is 0 Å². The molecule has 4 rings (SSSR count). The zero-order valence-corrected chi connectivity index (χ0v) is 11.0. The Morgan fingerprint density at radius 3 is 3.00 bits per heavy atom. The Balaban J connectivity index is 1.96. The first-order valence-electron chi connectivity index (χ1n) is 6.20. The molecule has 0 unspecified atom stereocenters. The van der Waals surface area contributed by atoms with Crippen molar-refractivity contribution in [1.82, 2.24) is 10.3 Å². The summed E-state index contributed by atoms with van der Waals surface area (Å²) >= 11 is 1.69. The van der Waals surface area contributed by atoms with Gasteiger partial charge in [-0.1, -0.05) is 18.2 Å². The number of nitrogens with zero attached hydrogens (tertiary/aromatic N) is 1. The zero-order chi connectivity index (χ0) is 12.7. The highest BCUT2D eigenvalue weighted by atomic mass is 32.1. The second-order valence-corrected chi connectivity index (χ2v) is 5.33. The molecule has 3 nitrogen and oxygen atoms in total. The third-order valence-corrected chi connectivity index (χ3v) is 4.03. The van der Waals surface area contributed by atoms with E-state index in [9.17, 15) is 0 Å². The van der Waals surface area contributed by atoms with Crippen molar-refractivity contribution < 1.29 is 4.74 Å². The van der Waals surface area contributed by atoms with Crippen molar-refractivity contribution in [2.24, 2.45) is 0 Å². The lowest BCUT2D eigenvalue weighted by molar-refractivity contribution is 0.260. The average Bonchev–Trinajstić information content (AvgIpc) is 3.01. The minimum atomic E-state index is 0.552. The number of pyridine rings is 1. The molecule has 0 radical (unpaired) electrons. The third kappa shape index (κ3) is 1.80. The molecular weight excluding hydrogens is 256 g/mol. The molecular formula is C15H12N2OS. The quantitative estimate of drug-likeness (QED) is 0.734. The molecule has 1 aliphatic rings. The Morgan fingerprint density at radius 1 is 1.16 bits per heavy atom. The van der Waals surface area contributed by atoms with Crippen LogP contribution in [0.25, 0.3) is 22.2 Å². The van der Waals surface area contributed by atoms with Crippen molar-refractivity contribution in [3.05, 3.63) is 46.7 Å². The fraction of sp³-hybridized carbons (Fsp3) is 0.133. The van der Waals surface area contributed by atoms with Gasteiger partial charge < -0.3 is 4.74 Å². The van der Waals surface area contributed by atoms with Crippen molar-refractivity contribution >= 4 is 22.2 Å². The predicted molar refractivity (Wildman–Crippen MR) is 77.4 cm³/mol. The monoisotopic (exact) mass is 268 g/mol. The van der Waals surface area contributed by atoms with Crippen LogP contribution in [0.2, 0.25) is 0 Å². The topological polar surface area (TPSA) is 34.1 Å². The lowest BCUT2D eigenvalue weighted by Gasteiger charge is -2.19. The predicted octanol–water partition coefficient (Wildman–Crippen LogP) is 3.40. The first-order valence-corrected chi connectivity index (χ1v) is 7.15. The van der Waals surface area contributed by atoms with E-state index in [-0.39, 0.29) is 0 Å². The highest BCUT2D eigenvalue weighted by molar-refractivity contribution is 7.08. The SMILES string of the molecule is c1cc(-c2ccc3ccc4c(c3n2)OCNC4)cs1. The van der Waals surface area contributed by atoms with E-state index in [0.29, 0.717) is 6.73 Å². The van der Waals surface area contributed by atoms with E-state index >= 15 is 0 Å². The highest BCUT2D eigenvalue weighted by Crippen LogP contribution is 2.32. The van der Waals surface area contributed by atoms with Crippen LogP contribution in [-0.2, 0) is 6.54 Å². The van der Waals surface area contributed by atoms with Crippen LogP contribution in [0.15, 0.2) is 41.1 Å². The number of thiophene rings is 1. The van der Waals surface area contributed by atoms with Gasteiger partial charge in [-0.05, 0) is 17.5 Å². The fourth-order valence-electron chi connectivity index (χ4n) is 2.38. The Hall–Kier alpha value is -1.91. The smallest absolute Gasteiger partial charge is 0.152 e. The lowest BCUT2D eigenvalue weighted by Crippen LogP contribution is -2.25. The van der Waals surface area contributed by atoms with E-state index in [1.165, 1.54) is 11.1 Å². The van der Waals surface area contributed by atoms with E-state index < -0.39 is 0 Å². The number of hydrogen-bond acceptors (Lipinski definition) is 4. The minimum absolute atomic E-state index is 0.552. The molecule has 0 fully saturated rings. The molecule has 0 saturated carbocycles. The van der Waals surface area contributed by atoms with Crippen LogP contribution in [0.1, 0.15) is 5.56 Å². The standard InChI is InChI=1S/C15H12N2OS/c1-2-11-7-16-9-18-15(11)14-10(1)3-4-13(17-14)12-5-6-19-8-12/h1-6,8,16H,7,9H2. The first-order chi connectivity index (χ1) is 9.42. The normalized spacial score (nSPS) is 14.1. The van der Waals surface area contributed by atoms with Crippen LogP contribution in [0.5, 0.6) is 5.75 Å². The Bertz CT molecular complexity index is 737. The van der Waals surface area contributed by atoms with Crippen molar-refractivity contribution in [2.75, 3.05) is 6.73 Å². The van der Waals surface area contributed by atoms with Gasteiger partial charge in [-0.15, -0.1) is 0 Å². The highest BCUT2D eigenvalue weighted by Gasteiger charge is 2.14. The molecule has 1 aromatic carbocycles. The average molecular weight is 268 g/mol. The van der Waals surface area contributed by atoms with Gasteiger partial charge in [0.25, 0.3) is 0 Å². The van der Waals surface area contributed by atoms with Gasteiger partial charge in [-0.2, -0.15) is 11.3 Å². The summed E-state index contributed by atoms with van der Waals surface area (Å²) in [6.45, 7) is 1.39. The van der Waals surface area contributed by atoms with Crippen LogP contribution >= 0.6 is 11.3 Å². The van der Waals surface area contributed by atoms with Gasteiger partial charge in [0.2, 0.25) is 0 Å². The molecule has 1 N–H and O–H groups in total. The molecule has 1 aliphatic heterocycles. The molecule has 19 heavy (non-hydrogen) atoms. The molecule has 0 spiro atoms. The van der Waals surface area contributed by atoms with Crippen LogP contribution in [0, 0.1) is 0 Å². The van der Waals surface area contributed by atoms with Gasteiger partial charge in [0.1, 0.15) is 12.2 Å². The summed E-state index contributed by atoms with van der Waals surface area (Å²) in [4.78, 5) is 4.78. The van der Waals surface area contributed by atoms with Gasteiger partial charge in [0.15, 0.2) is 5.75 Å². The number of nitrogens with one attached hydrogen (secondary N) is 1. The zero-order valence-electron chi connectivity index (χ0n) is 10.2. The number of benzene rings is 1. The minimum Gasteiger partial charge on any atom is -0.476 e. The van der Waals surface area contributed by atoms with E-state index in [0.717, 1.165) is 28.9 Å². The molecule has 0 saturated heterocycles. The van der Waals surface area contributed by atoms with Gasteiger partial charge in [0, 0.05) is 28.4 Å². The van der Waals surface area contributed by atoms with Crippen LogP contribution in [0.4, 0.5) is 0 Å².